The lowest BCUT2D eigenvalue weighted by Crippen LogP contribution is -2.46. The molecule has 2 aromatic heterocycles. The number of unbranched alkanes of at least 4 members (excludes halogenated alkanes) is 1. The molecular weight excluding hydrogens is 542 g/mol. The molecular formula is C34H35N5O4. The molecule has 3 fully saturated rings. The van der Waals surface area contributed by atoms with Crippen LogP contribution in [0.15, 0.2) is 53.1 Å². The first kappa shape index (κ1) is 27.4. The number of hydrogen-bond acceptors (Lipinski definition) is 7. The minimum atomic E-state index is -0.479. The minimum absolute atomic E-state index is 0.0334. The van der Waals surface area contributed by atoms with E-state index in [-0.39, 0.29) is 29.4 Å². The number of amides is 2. The Morgan fingerprint density at radius 1 is 0.930 bits per heavy atom. The number of benzene rings is 2. The summed E-state index contributed by atoms with van der Waals surface area (Å²) in [5.41, 5.74) is 4.43. The second-order valence-electron chi connectivity index (χ2n) is 12.2. The Morgan fingerprint density at radius 3 is 2.47 bits per heavy atom. The number of piperazine rings is 1. The van der Waals surface area contributed by atoms with Crippen LogP contribution in [-0.2, 0) is 11.2 Å². The number of nitrogens with zero attached hydrogens (tertiary/aromatic N) is 4. The van der Waals surface area contributed by atoms with Gasteiger partial charge in [-0.3, -0.25) is 29.2 Å². The first-order valence-corrected chi connectivity index (χ1v) is 15.4. The lowest BCUT2D eigenvalue weighted by molar-refractivity contribution is -0.121. The van der Waals surface area contributed by atoms with Crippen LogP contribution in [0.2, 0.25) is 0 Å². The highest BCUT2D eigenvalue weighted by Gasteiger charge is 2.32. The van der Waals surface area contributed by atoms with Gasteiger partial charge in [0.05, 0.1) is 17.1 Å². The van der Waals surface area contributed by atoms with E-state index in [2.05, 4.69) is 27.3 Å². The Labute approximate surface area is 250 Å². The smallest absolute Gasteiger partial charge is 0.293 e. The normalized spacial score (nSPS) is 17.3. The summed E-state index contributed by atoms with van der Waals surface area (Å²) in [6.45, 7) is 4.80. The Hall–Kier alpha value is -4.42. The van der Waals surface area contributed by atoms with E-state index in [9.17, 15) is 19.6 Å². The second-order valence-corrected chi connectivity index (χ2v) is 12.2. The quantitative estimate of drug-likeness (QED) is 0.217. The van der Waals surface area contributed by atoms with Gasteiger partial charge in [-0.05, 0) is 99.5 Å². The van der Waals surface area contributed by atoms with Crippen LogP contribution in [0.3, 0.4) is 0 Å². The first-order valence-electron chi connectivity index (χ1n) is 15.4. The van der Waals surface area contributed by atoms with Gasteiger partial charge in [0.15, 0.2) is 5.76 Å². The fourth-order valence-electron chi connectivity index (χ4n) is 6.12. The van der Waals surface area contributed by atoms with Crippen LogP contribution >= 0.6 is 0 Å². The average molecular weight is 578 g/mol. The number of imide groups is 1. The molecule has 43 heavy (non-hydrogen) atoms. The maximum absolute atomic E-state index is 12.9. The van der Waals surface area contributed by atoms with Crippen LogP contribution in [0, 0.1) is 23.2 Å². The summed E-state index contributed by atoms with van der Waals surface area (Å²) in [6.07, 6.45) is 8.61. The summed E-state index contributed by atoms with van der Waals surface area (Å²) in [7, 11) is 0. The third-order valence-electron chi connectivity index (χ3n) is 9.00. The predicted octanol–water partition coefficient (Wildman–Crippen LogP) is 5.12. The molecule has 0 atom stereocenters. The highest BCUT2D eigenvalue weighted by atomic mass is 16.3. The van der Waals surface area contributed by atoms with E-state index in [1.807, 2.05) is 35.0 Å². The first-order chi connectivity index (χ1) is 21.0. The van der Waals surface area contributed by atoms with Crippen LogP contribution in [0.4, 0.5) is 5.69 Å². The summed E-state index contributed by atoms with van der Waals surface area (Å²) in [5, 5.41) is 13.7. The number of anilines is 1. The van der Waals surface area contributed by atoms with Crippen molar-refractivity contribution in [1.82, 2.24) is 14.8 Å². The van der Waals surface area contributed by atoms with Crippen molar-refractivity contribution in [3.63, 3.8) is 0 Å². The molecule has 220 valence electrons. The number of carbonyl (C=O) groups excluding carboxylic acids is 3. The van der Waals surface area contributed by atoms with Crippen LogP contribution in [-0.4, -0.2) is 59.9 Å². The lowest BCUT2D eigenvalue weighted by Gasteiger charge is -2.36. The van der Waals surface area contributed by atoms with Crippen molar-refractivity contribution in [3.05, 3.63) is 65.5 Å². The number of hydrogen-bond donors (Lipinski definition) is 1. The van der Waals surface area contributed by atoms with Crippen molar-refractivity contribution in [2.75, 3.05) is 37.6 Å². The minimum Gasteiger partial charge on any atom is -0.451 e. The number of carbonyl (C=O) groups is 3. The fraction of sp³-hybridized carbons (Fsp3) is 0.412. The zero-order valence-corrected chi connectivity index (χ0v) is 24.2. The largest absolute Gasteiger partial charge is 0.451 e. The predicted molar refractivity (Wildman–Crippen MR) is 163 cm³/mol. The Balaban J connectivity index is 0.915. The monoisotopic (exact) mass is 577 g/mol. The van der Waals surface area contributed by atoms with E-state index in [1.54, 1.807) is 12.1 Å². The van der Waals surface area contributed by atoms with Gasteiger partial charge >= 0.3 is 0 Å². The molecule has 1 N–H and O–H groups in total. The number of fused-ring (bicyclic) bond motifs is 2. The van der Waals surface area contributed by atoms with Crippen LogP contribution in [0.25, 0.3) is 21.9 Å². The van der Waals surface area contributed by atoms with Gasteiger partial charge in [-0.2, -0.15) is 5.26 Å². The van der Waals surface area contributed by atoms with E-state index >= 15 is 0 Å². The van der Waals surface area contributed by atoms with Crippen LogP contribution in [0.5, 0.6) is 0 Å². The molecule has 3 heterocycles. The number of nitriles is 1. The molecule has 2 aromatic carbocycles. The second kappa shape index (κ2) is 11.3. The van der Waals surface area contributed by atoms with E-state index in [4.69, 9.17) is 4.42 Å². The number of furan rings is 1. The molecule has 2 aliphatic carbocycles. The number of nitrogens with one attached hydrogen (secondary N) is 1. The third-order valence-corrected chi connectivity index (χ3v) is 9.00. The highest BCUT2D eigenvalue weighted by Crippen LogP contribution is 2.34. The topological polar surface area (TPSA) is 112 Å². The summed E-state index contributed by atoms with van der Waals surface area (Å²) >= 11 is 0. The van der Waals surface area contributed by atoms with Crippen molar-refractivity contribution in [3.8, 4) is 6.07 Å². The molecule has 3 aliphatic rings. The summed E-state index contributed by atoms with van der Waals surface area (Å²) in [5.74, 6) is -0.243. The van der Waals surface area contributed by atoms with Crippen molar-refractivity contribution < 1.29 is 18.8 Å². The standard InChI is InChI=1S/C34H35N5O4/c35-20-22-4-10-29-28(17-22)25(21-39(29)34(42)24-7-8-24)3-1-2-12-37-13-15-38(16-14-37)27-9-11-30-26(18-27)19-31(43-30)33(41)36-32(40)23-5-6-23/h4,9-11,17-19,21,23-24H,1-3,5-8,12-16H2,(H,36,40,41). The average Bonchev–Trinajstić information content (AvgIpc) is 3.97. The van der Waals surface area contributed by atoms with Gasteiger partial charge in [0, 0.05) is 60.7 Å². The van der Waals surface area contributed by atoms with Gasteiger partial charge in [0.25, 0.3) is 5.91 Å². The molecule has 2 amide bonds. The molecule has 1 aliphatic heterocycles. The number of rotatable bonds is 9. The molecule has 2 saturated carbocycles. The molecule has 0 bridgehead atoms. The van der Waals surface area contributed by atoms with Gasteiger partial charge in [0.1, 0.15) is 5.58 Å². The van der Waals surface area contributed by atoms with E-state index in [0.717, 1.165) is 105 Å². The van der Waals surface area contributed by atoms with E-state index in [1.165, 1.54) is 0 Å². The van der Waals surface area contributed by atoms with Gasteiger partial charge in [-0.25, -0.2) is 0 Å². The molecule has 4 aromatic rings. The van der Waals surface area contributed by atoms with Gasteiger partial charge < -0.3 is 9.32 Å². The molecule has 0 spiro atoms. The molecule has 9 nitrogen and oxygen atoms in total. The summed E-state index contributed by atoms with van der Waals surface area (Å²) in [6, 6.07) is 15.6. The zero-order valence-electron chi connectivity index (χ0n) is 24.2. The summed E-state index contributed by atoms with van der Waals surface area (Å²) < 4.78 is 7.53. The number of aryl methyl sites for hydroxylation is 1. The van der Waals surface area contributed by atoms with Gasteiger partial charge in [0.2, 0.25) is 11.8 Å². The zero-order chi connectivity index (χ0) is 29.5. The number of aromatic nitrogens is 1. The molecule has 0 radical (unpaired) electrons. The van der Waals surface area contributed by atoms with Crippen LogP contribution < -0.4 is 10.2 Å². The third kappa shape index (κ3) is 5.80. The van der Waals surface area contributed by atoms with Crippen molar-refractivity contribution in [1.29, 1.82) is 5.26 Å². The Morgan fingerprint density at radius 2 is 1.72 bits per heavy atom. The van der Waals surface area contributed by atoms with Crippen molar-refractivity contribution in [2.24, 2.45) is 11.8 Å². The summed E-state index contributed by atoms with van der Waals surface area (Å²) in [4.78, 5) is 42.1. The van der Waals surface area contributed by atoms with Crippen LogP contribution in [0.1, 0.15) is 65.0 Å². The van der Waals surface area contributed by atoms with Crippen molar-refractivity contribution >= 4 is 45.3 Å². The van der Waals surface area contributed by atoms with E-state index < -0.39 is 5.91 Å². The maximum Gasteiger partial charge on any atom is 0.293 e. The Kier molecular flexibility index (Phi) is 7.23. The highest BCUT2D eigenvalue weighted by molar-refractivity contribution is 6.06. The van der Waals surface area contributed by atoms with E-state index in [0.29, 0.717) is 11.1 Å². The molecule has 7 rings (SSSR count). The lowest BCUT2D eigenvalue weighted by atomic mass is 10.0. The molecule has 9 heteroatoms. The van der Waals surface area contributed by atoms with Crippen molar-refractivity contribution in [2.45, 2.75) is 44.9 Å². The molecule has 0 unspecified atom stereocenters. The van der Waals surface area contributed by atoms with Gasteiger partial charge in [-0.1, -0.05) is 0 Å². The van der Waals surface area contributed by atoms with Gasteiger partial charge in [-0.15, -0.1) is 0 Å². The SMILES string of the molecule is N#Cc1ccc2c(c1)c(CCCCN1CCN(c3ccc4oc(C(=O)NC(=O)C5CC5)cc4c3)CC1)cn2C(=O)C1CC1. The maximum atomic E-state index is 12.9. The fourth-order valence-corrected chi connectivity index (χ4v) is 6.12. The molecule has 1 saturated heterocycles. The Bertz CT molecular complexity index is 1760.